The molecule has 0 bridgehead atoms. The normalized spacial score (nSPS) is 11.4. The van der Waals surface area contributed by atoms with Crippen molar-refractivity contribution in [2.24, 2.45) is 5.73 Å². The lowest BCUT2D eigenvalue weighted by Crippen LogP contribution is -2.42. The van der Waals surface area contributed by atoms with Gasteiger partial charge in [-0.3, -0.25) is 9.59 Å². The molecule has 0 aliphatic rings. The molecule has 2 rings (SSSR count). The maximum absolute atomic E-state index is 12.5. The summed E-state index contributed by atoms with van der Waals surface area (Å²) in [5.74, 6) is -1.88. The molecular weight excluding hydrogens is 362 g/mol. The predicted molar refractivity (Wildman–Crippen MR) is 103 cm³/mol. The molecule has 1 unspecified atom stereocenters. The molecule has 0 spiro atoms. The minimum atomic E-state index is -1.14. The lowest BCUT2D eigenvalue weighted by Gasteiger charge is -2.16. The molecule has 2 amide bonds. The van der Waals surface area contributed by atoms with Crippen LogP contribution < -0.4 is 21.1 Å². The van der Waals surface area contributed by atoms with Crippen molar-refractivity contribution in [1.82, 2.24) is 10.6 Å². The fourth-order valence-electron chi connectivity index (χ4n) is 2.59. The number of carbonyl (C=O) groups is 3. The van der Waals surface area contributed by atoms with E-state index in [9.17, 15) is 19.5 Å². The minimum absolute atomic E-state index is 0.151. The number of carboxylic acids is 1. The quantitative estimate of drug-likeness (QED) is 0.505. The molecule has 1 atom stereocenters. The Labute approximate surface area is 162 Å². The summed E-state index contributed by atoms with van der Waals surface area (Å²) in [6.45, 7) is 0.608. The first-order valence-corrected chi connectivity index (χ1v) is 8.70. The van der Waals surface area contributed by atoms with Crippen LogP contribution in [0.1, 0.15) is 26.3 Å². The van der Waals surface area contributed by atoms with Crippen LogP contribution in [0.2, 0.25) is 0 Å². The second-order valence-corrected chi connectivity index (χ2v) is 6.01. The lowest BCUT2D eigenvalue weighted by atomic mass is 10.0. The molecule has 8 heteroatoms. The number of rotatable bonds is 9. The molecule has 2 aromatic carbocycles. The molecule has 0 aromatic heterocycles. The van der Waals surface area contributed by atoms with E-state index < -0.39 is 17.9 Å². The molecule has 8 nitrogen and oxygen atoms in total. The number of hydrogen-bond acceptors (Lipinski definition) is 5. The molecular formula is C20H23N3O5. The minimum Gasteiger partial charge on any atom is -0.496 e. The van der Waals surface area contributed by atoms with Crippen LogP contribution in [0.15, 0.2) is 48.5 Å². The van der Waals surface area contributed by atoms with Gasteiger partial charge in [0.15, 0.2) is 0 Å². The smallest absolute Gasteiger partial charge is 0.326 e. The Morgan fingerprint density at radius 3 is 2.43 bits per heavy atom. The Morgan fingerprint density at radius 2 is 1.82 bits per heavy atom. The van der Waals surface area contributed by atoms with Gasteiger partial charge in [-0.05, 0) is 23.8 Å². The molecule has 0 fully saturated rings. The van der Waals surface area contributed by atoms with E-state index in [2.05, 4.69) is 10.6 Å². The summed E-state index contributed by atoms with van der Waals surface area (Å²) in [5, 5.41) is 14.6. The van der Waals surface area contributed by atoms with Crippen molar-refractivity contribution in [3.8, 4) is 5.75 Å². The van der Waals surface area contributed by atoms with Crippen molar-refractivity contribution in [2.45, 2.75) is 12.5 Å². The van der Waals surface area contributed by atoms with Crippen molar-refractivity contribution >= 4 is 17.8 Å². The first-order valence-electron chi connectivity index (χ1n) is 8.70. The van der Waals surface area contributed by atoms with Gasteiger partial charge in [0.2, 0.25) is 0 Å². The fraction of sp³-hybridized carbons (Fsp3) is 0.250. The van der Waals surface area contributed by atoms with Crippen LogP contribution in [0.4, 0.5) is 0 Å². The van der Waals surface area contributed by atoms with Gasteiger partial charge in [-0.2, -0.15) is 0 Å². The van der Waals surface area contributed by atoms with Gasteiger partial charge in [0.05, 0.1) is 12.7 Å². The fourth-order valence-corrected chi connectivity index (χ4v) is 2.59. The first kappa shape index (κ1) is 20.9. The summed E-state index contributed by atoms with van der Waals surface area (Å²) in [6.07, 6.45) is 0.151. The molecule has 0 saturated carbocycles. The molecule has 2 aromatic rings. The molecule has 0 heterocycles. The molecule has 0 aliphatic heterocycles. The predicted octanol–water partition coefficient (Wildman–Crippen LogP) is 0.809. The van der Waals surface area contributed by atoms with Crippen molar-refractivity contribution < 1.29 is 24.2 Å². The number of ether oxygens (including phenoxy) is 1. The Morgan fingerprint density at radius 1 is 1.11 bits per heavy atom. The zero-order chi connectivity index (χ0) is 20.5. The summed E-state index contributed by atoms with van der Waals surface area (Å²) in [6, 6.07) is 12.2. The Bertz CT molecular complexity index is 839. The van der Waals surface area contributed by atoms with E-state index in [1.54, 1.807) is 24.3 Å². The van der Waals surface area contributed by atoms with E-state index >= 15 is 0 Å². The largest absolute Gasteiger partial charge is 0.496 e. The van der Waals surface area contributed by atoms with Gasteiger partial charge >= 0.3 is 5.97 Å². The van der Waals surface area contributed by atoms with E-state index in [1.165, 1.54) is 25.3 Å². The third-order valence-corrected chi connectivity index (χ3v) is 4.02. The van der Waals surface area contributed by atoms with Gasteiger partial charge < -0.3 is 26.2 Å². The van der Waals surface area contributed by atoms with Crippen molar-refractivity contribution in [1.29, 1.82) is 0 Å². The van der Waals surface area contributed by atoms with E-state index in [4.69, 9.17) is 10.5 Å². The highest BCUT2D eigenvalue weighted by atomic mass is 16.5. The molecule has 0 radical (unpaired) electrons. The number of nitrogens with one attached hydrogen (secondary N) is 2. The Kier molecular flexibility index (Phi) is 7.53. The van der Waals surface area contributed by atoms with Crippen LogP contribution in [0.5, 0.6) is 5.75 Å². The average molecular weight is 385 g/mol. The van der Waals surface area contributed by atoms with Crippen LogP contribution in [0.25, 0.3) is 0 Å². The summed E-state index contributed by atoms with van der Waals surface area (Å²) in [7, 11) is 1.38. The highest BCUT2D eigenvalue weighted by Crippen LogP contribution is 2.20. The zero-order valence-electron chi connectivity index (χ0n) is 15.5. The maximum Gasteiger partial charge on any atom is 0.326 e. The van der Waals surface area contributed by atoms with Crippen molar-refractivity contribution in [3.05, 3.63) is 65.2 Å². The number of aliphatic carboxylic acids is 1. The number of benzene rings is 2. The van der Waals surface area contributed by atoms with E-state index in [0.29, 0.717) is 13.1 Å². The van der Waals surface area contributed by atoms with Gasteiger partial charge in [0, 0.05) is 25.1 Å². The van der Waals surface area contributed by atoms with E-state index in [1.807, 2.05) is 6.07 Å². The molecule has 28 heavy (non-hydrogen) atoms. The monoisotopic (exact) mass is 385 g/mol. The summed E-state index contributed by atoms with van der Waals surface area (Å²) < 4.78 is 5.20. The van der Waals surface area contributed by atoms with Crippen LogP contribution in [-0.4, -0.2) is 49.1 Å². The topological polar surface area (TPSA) is 131 Å². The number of carbonyl (C=O) groups excluding carboxylic acids is 2. The molecule has 0 aliphatic carbocycles. The van der Waals surface area contributed by atoms with Gasteiger partial charge in [0.25, 0.3) is 11.8 Å². The summed E-state index contributed by atoms with van der Waals surface area (Å²) in [5.41, 5.74) is 6.60. The van der Waals surface area contributed by atoms with Gasteiger partial charge in [-0.1, -0.05) is 30.3 Å². The second-order valence-electron chi connectivity index (χ2n) is 6.01. The van der Waals surface area contributed by atoms with Gasteiger partial charge in [0.1, 0.15) is 11.8 Å². The van der Waals surface area contributed by atoms with Gasteiger partial charge in [-0.25, -0.2) is 4.79 Å². The molecule has 0 saturated heterocycles. The second kappa shape index (κ2) is 10.1. The van der Waals surface area contributed by atoms with Crippen molar-refractivity contribution in [3.63, 3.8) is 0 Å². The van der Waals surface area contributed by atoms with Crippen molar-refractivity contribution in [2.75, 3.05) is 20.2 Å². The zero-order valence-corrected chi connectivity index (χ0v) is 15.5. The number of amides is 2. The van der Waals surface area contributed by atoms with E-state index in [-0.39, 0.29) is 29.2 Å². The highest BCUT2D eigenvalue weighted by molar-refractivity contribution is 6.01. The Hall–Kier alpha value is -3.39. The average Bonchev–Trinajstić information content (AvgIpc) is 2.71. The molecule has 5 N–H and O–H groups in total. The third-order valence-electron chi connectivity index (χ3n) is 4.02. The SMILES string of the molecule is COc1cc(C(=O)NC(Cc2ccccc2)C(=O)O)ccc1C(=O)NCCN. The lowest BCUT2D eigenvalue weighted by molar-refractivity contribution is -0.139. The van der Waals surface area contributed by atoms with Gasteiger partial charge in [-0.15, -0.1) is 0 Å². The first-order chi connectivity index (χ1) is 13.5. The number of carboxylic acid groups (broad SMARTS) is 1. The highest BCUT2D eigenvalue weighted by Gasteiger charge is 2.22. The van der Waals surface area contributed by atoms with Crippen LogP contribution in [-0.2, 0) is 11.2 Å². The van der Waals surface area contributed by atoms with Crippen LogP contribution >= 0.6 is 0 Å². The van der Waals surface area contributed by atoms with Crippen LogP contribution in [0, 0.1) is 0 Å². The summed E-state index contributed by atoms with van der Waals surface area (Å²) in [4.78, 5) is 36.2. The number of hydrogen-bond donors (Lipinski definition) is 4. The Balaban J connectivity index is 2.15. The van der Waals surface area contributed by atoms with Crippen LogP contribution in [0.3, 0.4) is 0 Å². The third kappa shape index (κ3) is 5.55. The summed E-state index contributed by atoms with van der Waals surface area (Å²) >= 11 is 0. The molecule has 148 valence electrons. The maximum atomic E-state index is 12.5. The standard InChI is InChI=1S/C20H23N3O5/c1-28-17-12-14(7-8-15(17)19(25)22-10-9-21)18(24)23-16(20(26)27)11-13-5-3-2-4-6-13/h2-8,12,16H,9-11,21H2,1H3,(H,22,25)(H,23,24)(H,26,27). The number of methoxy groups -OCH3 is 1. The van der Waals surface area contributed by atoms with E-state index in [0.717, 1.165) is 5.56 Å². The number of nitrogens with two attached hydrogens (primary N) is 1.